The minimum absolute atomic E-state index is 0.0585. The molecule has 20 heavy (non-hydrogen) atoms. The number of hydrazine groups is 1. The number of hydrogen-bond donors (Lipinski definition) is 2. The second-order valence-electron chi connectivity index (χ2n) is 5.12. The van der Waals surface area contributed by atoms with Gasteiger partial charge in [0, 0.05) is 18.8 Å². The monoisotopic (exact) mass is 280 g/mol. The van der Waals surface area contributed by atoms with Crippen molar-refractivity contribution in [2.45, 2.75) is 25.3 Å². The average Bonchev–Trinajstić information content (AvgIpc) is 2.53. The second-order valence-corrected chi connectivity index (χ2v) is 5.12. The van der Waals surface area contributed by atoms with Gasteiger partial charge in [0.25, 0.3) is 0 Å². The average molecular weight is 280 g/mol. The molecule has 3 N–H and O–H groups in total. The SMILES string of the molecule is COc1ccc(OC)c(C(CC2CCOCC2)NN)c1. The summed E-state index contributed by atoms with van der Waals surface area (Å²) in [5.74, 6) is 8.03. The molecule has 1 atom stereocenters. The first-order valence-electron chi connectivity index (χ1n) is 7.04. The highest BCUT2D eigenvalue weighted by atomic mass is 16.5. The third-order valence-electron chi connectivity index (χ3n) is 3.92. The number of hydrogen-bond acceptors (Lipinski definition) is 5. The highest BCUT2D eigenvalue weighted by molar-refractivity contribution is 5.42. The van der Waals surface area contributed by atoms with E-state index < -0.39 is 0 Å². The fourth-order valence-electron chi connectivity index (χ4n) is 2.71. The molecule has 0 aromatic heterocycles. The van der Waals surface area contributed by atoms with Crippen molar-refractivity contribution in [3.63, 3.8) is 0 Å². The molecule has 1 heterocycles. The standard InChI is InChI=1S/C15H24N2O3/c1-18-12-3-4-15(19-2)13(10-12)14(17-16)9-11-5-7-20-8-6-11/h3-4,10-11,14,17H,5-9,16H2,1-2H3. The molecule has 1 aliphatic rings. The Morgan fingerprint density at radius 3 is 2.65 bits per heavy atom. The van der Waals surface area contributed by atoms with Crippen LogP contribution in [0.4, 0.5) is 0 Å². The van der Waals surface area contributed by atoms with Crippen LogP contribution in [0.25, 0.3) is 0 Å². The Bertz CT molecular complexity index is 420. The van der Waals surface area contributed by atoms with E-state index in [4.69, 9.17) is 20.1 Å². The lowest BCUT2D eigenvalue weighted by molar-refractivity contribution is 0.0604. The maximum absolute atomic E-state index is 5.76. The minimum atomic E-state index is 0.0585. The van der Waals surface area contributed by atoms with Crippen LogP contribution in [0, 0.1) is 5.92 Å². The molecule has 1 aliphatic heterocycles. The molecule has 0 bridgehead atoms. The first kappa shape index (κ1) is 15.1. The van der Waals surface area contributed by atoms with Crippen LogP contribution < -0.4 is 20.7 Å². The highest BCUT2D eigenvalue weighted by Gasteiger charge is 2.22. The molecular weight excluding hydrogens is 256 g/mol. The fourth-order valence-corrected chi connectivity index (χ4v) is 2.71. The van der Waals surface area contributed by atoms with Crippen LogP contribution in [-0.4, -0.2) is 27.4 Å². The molecule has 0 radical (unpaired) electrons. The lowest BCUT2D eigenvalue weighted by Gasteiger charge is -2.27. The van der Waals surface area contributed by atoms with Gasteiger partial charge < -0.3 is 14.2 Å². The van der Waals surface area contributed by atoms with Crippen molar-refractivity contribution < 1.29 is 14.2 Å². The molecule has 112 valence electrons. The molecule has 1 saturated heterocycles. The fraction of sp³-hybridized carbons (Fsp3) is 0.600. The first-order chi connectivity index (χ1) is 9.78. The smallest absolute Gasteiger partial charge is 0.123 e. The summed E-state index contributed by atoms with van der Waals surface area (Å²) < 4.78 is 16.1. The molecule has 0 spiro atoms. The predicted molar refractivity (Wildman–Crippen MR) is 77.8 cm³/mol. The zero-order valence-electron chi connectivity index (χ0n) is 12.2. The maximum atomic E-state index is 5.76. The van der Waals surface area contributed by atoms with E-state index >= 15 is 0 Å². The third kappa shape index (κ3) is 3.62. The zero-order valence-corrected chi connectivity index (χ0v) is 12.2. The summed E-state index contributed by atoms with van der Waals surface area (Å²) in [4.78, 5) is 0. The maximum Gasteiger partial charge on any atom is 0.123 e. The van der Waals surface area contributed by atoms with Crippen molar-refractivity contribution in [1.82, 2.24) is 5.43 Å². The van der Waals surface area contributed by atoms with Gasteiger partial charge in [0.15, 0.2) is 0 Å². The van der Waals surface area contributed by atoms with Gasteiger partial charge in [-0.25, -0.2) is 0 Å². The molecule has 2 rings (SSSR count). The summed E-state index contributed by atoms with van der Waals surface area (Å²) in [6.45, 7) is 1.69. The summed E-state index contributed by atoms with van der Waals surface area (Å²) >= 11 is 0. The quantitative estimate of drug-likeness (QED) is 0.616. The number of ether oxygens (including phenoxy) is 3. The van der Waals surface area contributed by atoms with Gasteiger partial charge in [-0.3, -0.25) is 11.3 Å². The third-order valence-corrected chi connectivity index (χ3v) is 3.92. The lowest BCUT2D eigenvalue weighted by atomic mass is 9.89. The van der Waals surface area contributed by atoms with Gasteiger partial charge >= 0.3 is 0 Å². The van der Waals surface area contributed by atoms with Crippen molar-refractivity contribution in [3.05, 3.63) is 23.8 Å². The van der Waals surface area contributed by atoms with E-state index in [0.29, 0.717) is 5.92 Å². The van der Waals surface area contributed by atoms with Crippen molar-refractivity contribution in [1.29, 1.82) is 0 Å². The van der Waals surface area contributed by atoms with Gasteiger partial charge in [-0.05, 0) is 43.4 Å². The van der Waals surface area contributed by atoms with Crippen LogP contribution in [0.15, 0.2) is 18.2 Å². The van der Waals surface area contributed by atoms with E-state index in [9.17, 15) is 0 Å². The Balaban J connectivity index is 2.16. The first-order valence-corrected chi connectivity index (χ1v) is 7.04. The Kier molecular flexibility index (Phi) is 5.64. The van der Waals surface area contributed by atoms with E-state index in [1.807, 2.05) is 18.2 Å². The zero-order chi connectivity index (χ0) is 14.4. The number of methoxy groups -OCH3 is 2. The number of nitrogens with two attached hydrogens (primary N) is 1. The number of nitrogens with one attached hydrogen (secondary N) is 1. The van der Waals surface area contributed by atoms with Gasteiger partial charge in [0.2, 0.25) is 0 Å². The summed E-state index contributed by atoms with van der Waals surface area (Å²) in [5, 5.41) is 0. The molecule has 0 saturated carbocycles. The Morgan fingerprint density at radius 1 is 1.30 bits per heavy atom. The summed E-state index contributed by atoms with van der Waals surface area (Å²) in [5.41, 5.74) is 3.96. The van der Waals surface area contributed by atoms with Crippen LogP contribution in [0.3, 0.4) is 0 Å². The van der Waals surface area contributed by atoms with Gasteiger partial charge in [-0.1, -0.05) is 0 Å². The minimum Gasteiger partial charge on any atom is -0.497 e. The Labute approximate surface area is 120 Å². The van der Waals surface area contributed by atoms with Gasteiger partial charge in [0.05, 0.1) is 20.3 Å². The molecule has 5 heteroatoms. The Morgan fingerprint density at radius 2 is 2.05 bits per heavy atom. The largest absolute Gasteiger partial charge is 0.497 e. The van der Waals surface area contributed by atoms with Gasteiger partial charge in [0.1, 0.15) is 11.5 Å². The Hall–Kier alpha value is -1.30. The summed E-state index contributed by atoms with van der Waals surface area (Å²) in [6.07, 6.45) is 3.15. The van der Waals surface area contributed by atoms with E-state index in [2.05, 4.69) is 5.43 Å². The predicted octanol–water partition coefficient (Wildman–Crippen LogP) is 2.02. The van der Waals surface area contributed by atoms with Crippen LogP contribution >= 0.6 is 0 Å². The van der Waals surface area contributed by atoms with Gasteiger partial charge in [-0.2, -0.15) is 0 Å². The topological polar surface area (TPSA) is 65.7 Å². The summed E-state index contributed by atoms with van der Waals surface area (Å²) in [7, 11) is 3.34. The lowest BCUT2D eigenvalue weighted by Crippen LogP contribution is -2.31. The van der Waals surface area contributed by atoms with E-state index in [-0.39, 0.29) is 6.04 Å². The number of benzene rings is 1. The molecule has 1 unspecified atom stereocenters. The van der Waals surface area contributed by atoms with Crippen molar-refractivity contribution in [2.24, 2.45) is 11.8 Å². The van der Waals surface area contributed by atoms with E-state index in [1.165, 1.54) is 0 Å². The molecule has 0 aliphatic carbocycles. The van der Waals surface area contributed by atoms with Crippen LogP contribution in [0.1, 0.15) is 30.9 Å². The van der Waals surface area contributed by atoms with Crippen molar-refractivity contribution in [2.75, 3.05) is 27.4 Å². The van der Waals surface area contributed by atoms with Crippen LogP contribution in [0.5, 0.6) is 11.5 Å². The van der Waals surface area contributed by atoms with Crippen LogP contribution in [0.2, 0.25) is 0 Å². The normalized spacial score (nSPS) is 17.8. The number of rotatable bonds is 6. The van der Waals surface area contributed by atoms with Gasteiger partial charge in [-0.15, -0.1) is 0 Å². The summed E-state index contributed by atoms with van der Waals surface area (Å²) in [6, 6.07) is 5.86. The molecule has 1 aromatic carbocycles. The van der Waals surface area contributed by atoms with Crippen molar-refractivity contribution >= 4 is 0 Å². The van der Waals surface area contributed by atoms with Crippen molar-refractivity contribution in [3.8, 4) is 11.5 Å². The molecule has 0 amide bonds. The van der Waals surface area contributed by atoms with E-state index in [1.54, 1.807) is 14.2 Å². The molecule has 1 aromatic rings. The van der Waals surface area contributed by atoms with E-state index in [0.717, 1.165) is 49.5 Å². The second kappa shape index (κ2) is 7.47. The highest BCUT2D eigenvalue weighted by Crippen LogP contribution is 2.34. The molecular formula is C15H24N2O3. The molecule has 1 fully saturated rings. The van der Waals surface area contributed by atoms with Crippen LogP contribution in [-0.2, 0) is 4.74 Å². The molecule has 5 nitrogen and oxygen atoms in total.